The maximum absolute atomic E-state index is 15.6. The summed E-state index contributed by atoms with van der Waals surface area (Å²) >= 11 is 0. The summed E-state index contributed by atoms with van der Waals surface area (Å²) in [6.45, 7) is 3.69. The Morgan fingerprint density at radius 3 is 2.65 bits per heavy atom. The summed E-state index contributed by atoms with van der Waals surface area (Å²) in [4.78, 5) is 0. The van der Waals surface area contributed by atoms with E-state index >= 15 is 8.78 Å². The number of fused-ring (bicyclic) bond motifs is 5. The van der Waals surface area contributed by atoms with Gasteiger partial charge in [-0.2, -0.15) is 10.4 Å². The summed E-state index contributed by atoms with van der Waals surface area (Å²) in [6, 6.07) is 1.97. The van der Waals surface area contributed by atoms with Crippen molar-refractivity contribution in [2.75, 3.05) is 0 Å². The molecule has 4 fully saturated rings. The first-order chi connectivity index (χ1) is 14.6. The third-order valence-electron chi connectivity index (χ3n) is 9.88. The highest BCUT2D eigenvalue weighted by molar-refractivity contribution is 5.21. The second kappa shape index (κ2) is 7.27. The smallest absolute Gasteiger partial charge is 0.270 e. The van der Waals surface area contributed by atoms with Crippen LogP contribution >= 0.6 is 0 Å². The molecule has 8 atom stereocenters. The lowest BCUT2D eigenvalue weighted by Gasteiger charge is -2.57. The molecule has 0 spiro atoms. The van der Waals surface area contributed by atoms with Gasteiger partial charge in [0.05, 0.1) is 17.4 Å². The van der Waals surface area contributed by atoms with E-state index < -0.39 is 24.0 Å². The van der Waals surface area contributed by atoms with Crippen molar-refractivity contribution in [1.29, 1.82) is 5.26 Å². The highest BCUT2D eigenvalue weighted by Gasteiger charge is 2.62. The van der Waals surface area contributed by atoms with Gasteiger partial charge in [-0.05, 0) is 99.7 Å². The predicted molar refractivity (Wildman–Crippen MR) is 113 cm³/mol. The van der Waals surface area contributed by atoms with Crippen LogP contribution in [-0.2, 0) is 6.54 Å². The summed E-state index contributed by atoms with van der Waals surface area (Å²) in [5.41, 5.74) is -0.506. The summed E-state index contributed by atoms with van der Waals surface area (Å²) in [6.07, 6.45) is 11.4. The van der Waals surface area contributed by atoms with Gasteiger partial charge in [0, 0.05) is 12.1 Å². The zero-order chi connectivity index (χ0) is 22.0. The van der Waals surface area contributed by atoms with E-state index in [-0.39, 0.29) is 5.41 Å². The molecule has 4 nitrogen and oxygen atoms in total. The molecular weight excluding hydrogens is 396 g/mol. The van der Waals surface area contributed by atoms with Gasteiger partial charge >= 0.3 is 0 Å². The summed E-state index contributed by atoms with van der Waals surface area (Å²) in [7, 11) is 0. The van der Waals surface area contributed by atoms with Crippen molar-refractivity contribution in [2.24, 2.45) is 40.9 Å². The molecule has 4 saturated carbocycles. The van der Waals surface area contributed by atoms with Crippen LogP contribution in [-0.4, -0.2) is 26.4 Å². The number of aromatic nitrogens is 2. The van der Waals surface area contributed by atoms with Crippen molar-refractivity contribution in [1.82, 2.24) is 9.78 Å². The first kappa shape index (κ1) is 21.4. The van der Waals surface area contributed by atoms with Crippen LogP contribution in [0.3, 0.4) is 0 Å². The molecule has 0 aliphatic heterocycles. The Morgan fingerprint density at radius 1 is 1.13 bits per heavy atom. The van der Waals surface area contributed by atoms with Crippen LogP contribution < -0.4 is 0 Å². The Morgan fingerprint density at radius 2 is 1.90 bits per heavy atom. The predicted octanol–water partition coefficient (Wildman–Crippen LogP) is 5.41. The van der Waals surface area contributed by atoms with Crippen LogP contribution in [0.4, 0.5) is 8.78 Å². The van der Waals surface area contributed by atoms with E-state index in [4.69, 9.17) is 5.26 Å². The molecule has 31 heavy (non-hydrogen) atoms. The Labute approximate surface area is 184 Å². The lowest BCUT2D eigenvalue weighted by molar-refractivity contribution is -0.148. The highest BCUT2D eigenvalue weighted by Crippen LogP contribution is 2.66. The normalized spacial score (nSPS) is 44.8. The van der Waals surface area contributed by atoms with Gasteiger partial charge in [0.2, 0.25) is 0 Å². The molecule has 0 aromatic carbocycles. The van der Waals surface area contributed by atoms with E-state index in [1.807, 2.05) is 13.0 Å². The van der Waals surface area contributed by atoms with Crippen LogP contribution in [0.15, 0.2) is 12.4 Å². The number of hydrogen-bond donors (Lipinski definition) is 1. The molecule has 170 valence electrons. The van der Waals surface area contributed by atoms with Crippen molar-refractivity contribution < 1.29 is 13.9 Å². The first-order valence-corrected chi connectivity index (χ1v) is 12.2. The van der Waals surface area contributed by atoms with Gasteiger partial charge in [0.1, 0.15) is 12.6 Å². The molecule has 1 heterocycles. The van der Waals surface area contributed by atoms with Crippen LogP contribution in [0.1, 0.15) is 77.2 Å². The van der Waals surface area contributed by atoms with Crippen molar-refractivity contribution in [3.05, 3.63) is 18.0 Å². The average Bonchev–Trinajstić information content (AvgIpc) is 3.30. The van der Waals surface area contributed by atoms with Crippen LogP contribution in [0.25, 0.3) is 0 Å². The lowest BCUT2D eigenvalue weighted by atomic mass is 9.49. The zero-order valence-electron chi connectivity index (χ0n) is 18.7. The average molecular weight is 432 g/mol. The molecule has 4 aliphatic carbocycles. The fraction of sp³-hybridized carbons (Fsp3) is 0.840. The molecule has 1 aromatic heterocycles. The van der Waals surface area contributed by atoms with E-state index in [0.717, 1.165) is 51.4 Å². The summed E-state index contributed by atoms with van der Waals surface area (Å²) < 4.78 is 32.4. The van der Waals surface area contributed by atoms with Crippen LogP contribution in [0.5, 0.6) is 0 Å². The summed E-state index contributed by atoms with van der Waals surface area (Å²) in [5.74, 6) is -0.541. The van der Waals surface area contributed by atoms with Gasteiger partial charge in [0.15, 0.2) is 0 Å². The minimum Gasteiger partial charge on any atom is -0.390 e. The molecular formula is C25H35F2N3O. The van der Waals surface area contributed by atoms with Crippen molar-refractivity contribution in [3.8, 4) is 6.07 Å². The Kier molecular flexibility index (Phi) is 5.01. The molecule has 6 heteroatoms. The number of nitriles is 1. The number of alkyl halides is 2. The minimum absolute atomic E-state index is 0.317. The van der Waals surface area contributed by atoms with Gasteiger partial charge < -0.3 is 5.11 Å². The summed E-state index contributed by atoms with van der Waals surface area (Å²) in [5, 5.41) is 23.5. The zero-order valence-corrected chi connectivity index (χ0v) is 18.7. The van der Waals surface area contributed by atoms with E-state index in [2.05, 4.69) is 12.0 Å². The topological polar surface area (TPSA) is 61.8 Å². The molecule has 0 amide bonds. The quantitative estimate of drug-likeness (QED) is 0.696. The Balaban J connectivity index is 1.33. The second-order valence-electron chi connectivity index (χ2n) is 11.6. The molecule has 1 N–H and O–H groups in total. The third-order valence-corrected chi connectivity index (χ3v) is 9.88. The van der Waals surface area contributed by atoms with Gasteiger partial charge in [-0.3, -0.25) is 4.68 Å². The SMILES string of the molecule is C[C@@]1(O)CC[C@H]2[C@@H](CC[C@@H]3[C@@H]2CC[C@]2(C)[C@@H](C(F)(F)Cn4cc(C#N)cn4)CC[C@@H]32)C1. The third kappa shape index (κ3) is 3.52. The number of nitrogens with zero attached hydrogens (tertiary/aromatic N) is 3. The van der Waals surface area contributed by atoms with Crippen LogP contribution in [0, 0.1) is 52.3 Å². The molecule has 0 bridgehead atoms. The van der Waals surface area contributed by atoms with Gasteiger partial charge in [0.25, 0.3) is 5.92 Å². The molecule has 1 aromatic rings. The van der Waals surface area contributed by atoms with Gasteiger partial charge in [-0.25, -0.2) is 8.78 Å². The lowest BCUT2D eigenvalue weighted by Crippen LogP contribution is -2.52. The van der Waals surface area contributed by atoms with E-state index in [9.17, 15) is 5.11 Å². The van der Waals surface area contributed by atoms with Crippen molar-refractivity contribution >= 4 is 0 Å². The fourth-order valence-electron chi connectivity index (χ4n) is 8.61. The number of aliphatic hydroxyl groups is 1. The molecule has 0 saturated heterocycles. The highest BCUT2D eigenvalue weighted by atomic mass is 19.3. The first-order valence-electron chi connectivity index (χ1n) is 12.2. The Bertz CT molecular complexity index is 874. The minimum atomic E-state index is -2.82. The maximum Gasteiger partial charge on any atom is 0.270 e. The number of rotatable bonds is 3. The standard InChI is InChI=1S/C25H35F2N3O/c1-23(31)9-7-18-17(11-23)3-4-20-19(18)8-10-24(2)21(20)5-6-22(24)25(26,27)15-30-14-16(12-28)13-29-30/h13-14,17-22,31H,3-11,15H2,1-2H3/t17-,18-,19+,20+,21-,22-,23+,24-/m0/s1. The van der Waals surface area contributed by atoms with Crippen molar-refractivity contribution in [3.63, 3.8) is 0 Å². The molecule has 0 unspecified atom stereocenters. The van der Waals surface area contributed by atoms with Gasteiger partial charge in [-0.1, -0.05) is 6.92 Å². The largest absolute Gasteiger partial charge is 0.390 e. The second-order valence-corrected chi connectivity index (χ2v) is 11.6. The van der Waals surface area contributed by atoms with E-state index in [1.54, 1.807) is 0 Å². The number of hydrogen-bond acceptors (Lipinski definition) is 3. The molecule has 0 radical (unpaired) electrons. The van der Waals surface area contributed by atoms with E-state index in [0.29, 0.717) is 41.6 Å². The fourth-order valence-corrected chi connectivity index (χ4v) is 8.61. The monoisotopic (exact) mass is 431 g/mol. The number of halogens is 2. The molecule has 5 rings (SSSR count). The van der Waals surface area contributed by atoms with Crippen LogP contribution in [0.2, 0.25) is 0 Å². The van der Waals surface area contributed by atoms with Gasteiger partial charge in [-0.15, -0.1) is 0 Å². The van der Waals surface area contributed by atoms with E-state index in [1.165, 1.54) is 17.1 Å². The molecule has 4 aliphatic rings. The van der Waals surface area contributed by atoms with Crippen molar-refractivity contribution in [2.45, 2.75) is 89.7 Å². The Hall–Kier alpha value is -1.48. The maximum atomic E-state index is 15.6.